The van der Waals surface area contributed by atoms with Gasteiger partial charge in [0.2, 0.25) is 5.91 Å². The van der Waals surface area contributed by atoms with E-state index in [0.717, 1.165) is 32.4 Å². The first-order valence-electron chi connectivity index (χ1n) is 6.67. The molecule has 1 aromatic rings. The second kappa shape index (κ2) is 6.28. The summed E-state index contributed by atoms with van der Waals surface area (Å²) >= 11 is 4.21. The Balaban J connectivity index is 1.82. The van der Waals surface area contributed by atoms with Crippen LogP contribution in [0.1, 0.15) is 25.3 Å². The lowest BCUT2D eigenvalue weighted by atomic mass is 9.90. The highest BCUT2D eigenvalue weighted by Crippen LogP contribution is 2.22. The second-order valence-corrected chi connectivity index (χ2v) is 5.91. The Morgan fingerprint density at radius 3 is 2.50 bits per heavy atom. The van der Waals surface area contributed by atoms with Crippen LogP contribution in [0.2, 0.25) is 0 Å². The van der Waals surface area contributed by atoms with Gasteiger partial charge >= 0.3 is 0 Å². The molecule has 0 bridgehead atoms. The average molecular weight is 263 g/mol. The van der Waals surface area contributed by atoms with E-state index in [1.807, 2.05) is 11.8 Å². The van der Waals surface area contributed by atoms with Gasteiger partial charge in [0, 0.05) is 13.1 Å². The first kappa shape index (κ1) is 13.5. The fourth-order valence-corrected chi connectivity index (χ4v) is 2.73. The number of amides is 1. The van der Waals surface area contributed by atoms with Crippen LogP contribution in [0.5, 0.6) is 0 Å². The van der Waals surface area contributed by atoms with E-state index in [0.29, 0.717) is 5.92 Å². The van der Waals surface area contributed by atoms with Crippen LogP contribution in [-0.2, 0) is 11.2 Å². The molecule has 0 aliphatic carbocycles. The largest absolute Gasteiger partial charge is 0.342 e. The molecule has 1 fully saturated rings. The van der Waals surface area contributed by atoms with Crippen molar-refractivity contribution >= 4 is 18.5 Å². The summed E-state index contributed by atoms with van der Waals surface area (Å²) in [7, 11) is 0. The summed E-state index contributed by atoms with van der Waals surface area (Å²) in [6.45, 7) is 3.63. The maximum absolute atomic E-state index is 11.8. The second-order valence-electron chi connectivity index (χ2n) is 5.13. The van der Waals surface area contributed by atoms with Gasteiger partial charge in [0.05, 0.1) is 5.25 Å². The van der Waals surface area contributed by atoms with Gasteiger partial charge in [0.15, 0.2) is 0 Å². The van der Waals surface area contributed by atoms with Crippen molar-refractivity contribution in [3.05, 3.63) is 35.9 Å². The third-order valence-electron chi connectivity index (χ3n) is 3.65. The fraction of sp³-hybridized carbons (Fsp3) is 0.533. The van der Waals surface area contributed by atoms with Gasteiger partial charge in [-0.25, -0.2) is 0 Å². The Kier molecular flexibility index (Phi) is 4.70. The molecule has 1 atom stereocenters. The van der Waals surface area contributed by atoms with E-state index < -0.39 is 0 Å². The van der Waals surface area contributed by atoms with Crippen molar-refractivity contribution in [1.29, 1.82) is 0 Å². The highest BCUT2D eigenvalue weighted by Gasteiger charge is 2.24. The fourth-order valence-electron chi connectivity index (χ4n) is 2.57. The van der Waals surface area contributed by atoms with E-state index in [1.165, 1.54) is 5.56 Å². The molecule has 2 rings (SSSR count). The zero-order valence-corrected chi connectivity index (χ0v) is 11.8. The molecule has 0 spiro atoms. The summed E-state index contributed by atoms with van der Waals surface area (Å²) in [4.78, 5) is 13.8. The Hall–Kier alpha value is -0.960. The Labute approximate surface area is 115 Å². The molecule has 18 heavy (non-hydrogen) atoms. The number of carbonyl (C=O) groups excluding carboxylic acids is 1. The van der Waals surface area contributed by atoms with Crippen LogP contribution in [0.25, 0.3) is 0 Å². The summed E-state index contributed by atoms with van der Waals surface area (Å²) in [5.41, 5.74) is 1.41. The molecule has 1 heterocycles. The van der Waals surface area contributed by atoms with Gasteiger partial charge in [-0.2, -0.15) is 12.6 Å². The molecule has 1 unspecified atom stereocenters. The van der Waals surface area contributed by atoms with Crippen molar-refractivity contribution in [2.24, 2.45) is 5.92 Å². The van der Waals surface area contributed by atoms with Gasteiger partial charge in [-0.1, -0.05) is 30.3 Å². The Morgan fingerprint density at radius 1 is 1.33 bits per heavy atom. The van der Waals surface area contributed by atoms with Crippen LogP contribution in [0.15, 0.2) is 30.3 Å². The van der Waals surface area contributed by atoms with E-state index in [9.17, 15) is 4.79 Å². The molecule has 0 radical (unpaired) electrons. The molecule has 2 nitrogen and oxygen atoms in total. The van der Waals surface area contributed by atoms with E-state index >= 15 is 0 Å². The molecule has 1 aliphatic heterocycles. The van der Waals surface area contributed by atoms with Crippen molar-refractivity contribution in [2.75, 3.05) is 13.1 Å². The summed E-state index contributed by atoms with van der Waals surface area (Å²) < 4.78 is 0. The molecule has 3 heteroatoms. The number of thiol groups is 1. The van der Waals surface area contributed by atoms with Gasteiger partial charge in [-0.15, -0.1) is 0 Å². The number of likely N-dealkylation sites (tertiary alicyclic amines) is 1. The van der Waals surface area contributed by atoms with Crippen molar-refractivity contribution in [1.82, 2.24) is 4.90 Å². The van der Waals surface area contributed by atoms with Crippen LogP contribution in [0, 0.1) is 5.92 Å². The predicted molar refractivity (Wildman–Crippen MR) is 77.9 cm³/mol. The lowest BCUT2D eigenvalue weighted by molar-refractivity contribution is -0.131. The van der Waals surface area contributed by atoms with Gasteiger partial charge in [0.1, 0.15) is 0 Å². The summed E-state index contributed by atoms with van der Waals surface area (Å²) in [5, 5.41) is -0.171. The molecule has 1 aliphatic rings. The maximum atomic E-state index is 11.8. The van der Waals surface area contributed by atoms with Crippen molar-refractivity contribution in [3.8, 4) is 0 Å². The summed E-state index contributed by atoms with van der Waals surface area (Å²) in [6.07, 6.45) is 3.36. The molecular weight excluding hydrogens is 242 g/mol. The first-order chi connectivity index (χ1) is 8.66. The molecular formula is C15H21NOS. The maximum Gasteiger partial charge on any atom is 0.235 e. The molecule has 0 aromatic heterocycles. The SMILES string of the molecule is CC(S)C(=O)N1CCC(Cc2ccccc2)CC1. The molecule has 1 aromatic carbocycles. The minimum atomic E-state index is -0.171. The van der Waals surface area contributed by atoms with E-state index in [2.05, 4.69) is 43.0 Å². The van der Waals surface area contributed by atoms with Gasteiger partial charge < -0.3 is 4.90 Å². The monoisotopic (exact) mass is 263 g/mol. The molecule has 0 saturated carbocycles. The zero-order valence-electron chi connectivity index (χ0n) is 10.9. The number of carbonyl (C=O) groups is 1. The standard InChI is InChI=1S/C15H21NOS/c1-12(18)15(17)16-9-7-14(8-10-16)11-13-5-3-2-4-6-13/h2-6,12,14,18H,7-11H2,1H3. The molecule has 1 amide bonds. The van der Waals surface area contributed by atoms with E-state index in [4.69, 9.17) is 0 Å². The topological polar surface area (TPSA) is 20.3 Å². The van der Waals surface area contributed by atoms with Crippen LogP contribution in [0.3, 0.4) is 0 Å². The smallest absolute Gasteiger partial charge is 0.235 e. The van der Waals surface area contributed by atoms with Crippen LogP contribution in [-0.4, -0.2) is 29.1 Å². The van der Waals surface area contributed by atoms with Crippen molar-refractivity contribution < 1.29 is 4.79 Å². The lowest BCUT2D eigenvalue weighted by Crippen LogP contribution is -2.41. The highest BCUT2D eigenvalue weighted by atomic mass is 32.1. The quantitative estimate of drug-likeness (QED) is 0.832. The van der Waals surface area contributed by atoms with Crippen LogP contribution >= 0.6 is 12.6 Å². The number of hydrogen-bond donors (Lipinski definition) is 1. The average Bonchev–Trinajstić information content (AvgIpc) is 2.40. The van der Waals surface area contributed by atoms with Gasteiger partial charge in [-0.3, -0.25) is 4.79 Å². The highest BCUT2D eigenvalue weighted by molar-refractivity contribution is 7.81. The predicted octanol–water partition coefficient (Wildman–Crippen LogP) is 2.79. The normalized spacial score (nSPS) is 18.7. The zero-order chi connectivity index (χ0) is 13.0. The Bertz CT molecular complexity index is 383. The number of nitrogens with zero attached hydrogens (tertiary/aromatic N) is 1. The summed E-state index contributed by atoms with van der Waals surface area (Å²) in [5.74, 6) is 0.892. The minimum Gasteiger partial charge on any atom is -0.342 e. The third-order valence-corrected chi connectivity index (χ3v) is 3.87. The number of rotatable bonds is 3. The third kappa shape index (κ3) is 3.52. The number of hydrogen-bond acceptors (Lipinski definition) is 2. The molecule has 98 valence electrons. The van der Waals surface area contributed by atoms with Crippen molar-refractivity contribution in [2.45, 2.75) is 31.4 Å². The first-order valence-corrected chi connectivity index (χ1v) is 7.19. The van der Waals surface area contributed by atoms with Crippen molar-refractivity contribution in [3.63, 3.8) is 0 Å². The van der Waals surface area contributed by atoms with Crippen LogP contribution in [0.4, 0.5) is 0 Å². The summed E-state index contributed by atoms with van der Waals surface area (Å²) in [6, 6.07) is 10.6. The number of benzene rings is 1. The number of piperidine rings is 1. The van der Waals surface area contributed by atoms with E-state index in [1.54, 1.807) is 0 Å². The van der Waals surface area contributed by atoms with Crippen LogP contribution < -0.4 is 0 Å². The lowest BCUT2D eigenvalue weighted by Gasteiger charge is -2.33. The Morgan fingerprint density at radius 2 is 1.94 bits per heavy atom. The minimum absolute atomic E-state index is 0.171. The van der Waals surface area contributed by atoms with E-state index in [-0.39, 0.29) is 11.2 Å². The van der Waals surface area contributed by atoms with Gasteiger partial charge in [0.25, 0.3) is 0 Å². The van der Waals surface area contributed by atoms with Gasteiger partial charge in [-0.05, 0) is 37.7 Å². The molecule has 0 N–H and O–H groups in total. The molecule has 1 saturated heterocycles.